The van der Waals surface area contributed by atoms with E-state index in [1.54, 1.807) is 0 Å². The van der Waals surface area contributed by atoms with Gasteiger partial charge < -0.3 is 35.2 Å². The van der Waals surface area contributed by atoms with Gasteiger partial charge >= 0.3 is 10.4 Å². The van der Waals surface area contributed by atoms with Crippen molar-refractivity contribution < 1.29 is 51.8 Å². The van der Waals surface area contributed by atoms with Gasteiger partial charge in [0.25, 0.3) is 0 Å². The lowest BCUT2D eigenvalue weighted by molar-refractivity contribution is -0.298. The first-order chi connectivity index (χ1) is 32.0. The first-order valence-electron chi connectivity index (χ1n) is 27.6. The van der Waals surface area contributed by atoms with Gasteiger partial charge in [0, 0.05) is 6.42 Å². The van der Waals surface area contributed by atoms with E-state index in [1.165, 1.54) is 186 Å². The predicted molar refractivity (Wildman–Crippen MR) is 269 cm³/mol. The van der Waals surface area contributed by atoms with E-state index < -0.39 is 59.9 Å². The van der Waals surface area contributed by atoms with Gasteiger partial charge in [-0.05, 0) is 38.5 Å². The Bertz CT molecular complexity index is 1220. The molecule has 12 nitrogen and oxygen atoms in total. The number of aliphatic hydroxyl groups is 4. The molecule has 0 aromatic carbocycles. The number of hydrogen-bond donors (Lipinski definition) is 6. The van der Waals surface area contributed by atoms with Crippen LogP contribution in [0.4, 0.5) is 0 Å². The van der Waals surface area contributed by atoms with Crippen molar-refractivity contribution in [2.75, 3.05) is 13.2 Å². The number of rotatable bonds is 48. The maximum absolute atomic E-state index is 13.1. The summed E-state index contributed by atoms with van der Waals surface area (Å²) in [4.78, 5) is 13.1. The molecule has 1 fully saturated rings. The summed E-state index contributed by atoms with van der Waals surface area (Å²) in [6.45, 7) is 3.44. The first-order valence-corrected chi connectivity index (χ1v) is 28.9. The molecular formula is C53H103NO11S. The van der Waals surface area contributed by atoms with Gasteiger partial charge in [-0.2, -0.15) is 8.42 Å². The topological polar surface area (TPSA) is 192 Å². The lowest BCUT2D eigenvalue weighted by Crippen LogP contribution is -2.61. The molecule has 13 heteroatoms. The average molecular weight is 962 g/mol. The molecule has 1 heterocycles. The van der Waals surface area contributed by atoms with Gasteiger partial charge in [0.1, 0.15) is 24.4 Å². The van der Waals surface area contributed by atoms with Crippen molar-refractivity contribution in [3.63, 3.8) is 0 Å². The normalized spacial score (nSPS) is 20.0. The second-order valence-corrected chi connectivity index (χ2v) is 20.6. The van der Waals surface area contributed by atoms with Crippen LogP contribution in [0.25, 0.3) is 0 Å². The van der Waals surface area contributed by atoms with E-state index in [2.05, 4.69) is 35.5 Å². The zero-order valence-electron chi connectivity index (χ0n) is 42.3. The molecule has 0 aromatic heterocycles. The van der Waals surface area contributed by atoms with Gasteiger partial charge in [-0.25, -0.2) is 4.18 Å². The molecule has 392 valence electrons. The molecule has 7 unspecified atom stereocenters. The SMILES string of the molecule is CCCCCCCCCCCCCC/C=C\CCCCCCCCCCCCCCCCC(=O)NC(COC1OC(CO)C(O)C(OS(=O)(=O)O)C1O)C(O)CCCCCCCCCCC. The van der Waals surface area contributed by atoms with E-state index >= 15 is 0 Å². The molecular weight excluding hydrogens is 859 g/mol. The third kappa shape index (κ3) is 35.9. The Morgan fingerprint density at radius 1 is 0.591 bits per heavy atom. The van der Waals surface area contributed by atoms with Gasteiger partial charge in [0.2, 0.25) is 5.91 Å². The maximum Gasteiger partial charge on any atom is 0.397 e. The second-order valence-electron chi connectivity index (χ2n) is 19.5. The molecule has 0 aliphatic carbocycles. The van der Waals surface area contributed by atoms with E-state index in [4.69, 9.17) is 9.47 Å². The van der Waals surface area contributed by atoms with Crippen LogP contribution in [0.2, 0.25) is 0 Å². The molecule has 1 aliphatic rings. The Labute approximate surface area is 404 Å². The zero-order valence-corrected chi connectivity index (χ0v) is 43.1. The molecule has 0 radical (unpaired) electrons. The highest BCUT2D eigenvalue weighted by Crippen LogP contribution is 2.26. The van der Waals surface area contributed by atoms with Crippen LogP contribution in [0.15, 0.2) is 12.2 Å². The monoisotopic (exact) mass is 962 g/mol. The van der Waals surface area contributed by atoms with Gasteiger partial charge in [-0.1, -0.05) is 231 Å². The number of nitrogens with one attached hydrogen (secondary N) is 1. The summed E-state index contributed by atoms with van der Waals surface area (Å²) in [5.74, 6) is -0.229. The van der Waals surface area contributed by atoms with Crippen LogP contribution >= 0.6 is 0 Å². The fourth-order valence-electron chi connectivity index (χ4n) is 9.04. The van der Waals surface area contributed by atoms with Crippen LogP contribution < -0.4 is 5.32 Å². The lowest BCUT2D eigenvalue weighted by Gasteiger charge is -2.41. The smallest absolute Gasteiger partial charge is 0.394 e. The Morgan fingerprint density at radius 3 is 1.36 bits per heavy atom. The number of unbranched alkanes of at least 4 members (excludes halogenated alkanes) is 34. The minimum Gasteiger partial charge on any atom is -0.394 e. The summed E-state index contributed by atoms with van der Waals surface area (Å²) in [5, 5.41) is 44.8. The highest BCUT2D eigenvalue weighted by atomic mass is 32.3. The summed E-state index contributed by atoms with van der Waals surface area (Å²) in [6, 6.07) is -0.853. The lowest BCUT2D eigenvalue weighted by atomic mass is 9.99. The molecule has 1 saturated heterocycles. The van der Waals surface area contributed by atoms with E-state index in [0.29, 0.717) is 12.8 Å². The highest BCUT2D eigenvalue weighted by Gasteiger charge is 2.48. The van der Waals surface area contributed by atoms with E-state index in [-0.39, 0.29) is 12.5 Å². The number of allylic oxidation sites excluding steroid dienone is 2. The fourth-order valence-corrected chi connectivity index (χ4v) is 9.55. The molecule has 0 bridgehead atoms. The Hall–Kier alpha value is -1.16. The summed E-state index contributed by atoms with van der Waals surface area (Å²) in [6.07, 6.45) is 42.6. The standard InChI is InChI=1S/C53H103NO11S/c1-3-5-7-9-11-13-14-15-16-17-18-19-20-21-22-23-24-25-26-27-28-29-30-31-32-33-35-37-39-41-43-49(57)54-46(47(56)42-40-38-36-34-12-10-8-6-4-2)45-63-53-51(59)52(65-66(60,61)62)50(58)48(44-55)64-53/h21-22,46-48,50-53,55-56,58-59H,3-20,23-45H2,1-2H3,(H,54,57)(H,60,61,62)/b22-21-. The Balaban J connectivity index is 2.21. The predicted octanol–water partition coefficient (Wildman–Crippen LogP) is 12.3. The first kappa shape index (κ1) is 62.9. The maximum atomic E-state index is 13.1. The molecule has 0 saturated carbocycles. The van der Waals surface area contributed by atoms with Crippen molar-refractivity contribution in [3.8, 4) is 0 Å². The molecule has 1 rings (SSSR count). The van der Waals surface area contributed by atoms with Crippen molar-refractivity contribution in [2.45, 2.75) is 307 Å². The van der Waals surface area contributed by atoms with Crippen LogP contribution in [-0.2, 0) is 28.9 Å². The van der Waals surface area contributed by atoms with Crippen LogP contribution in [0.5, 0.6) is 0 Å². The van der Waals surface area contributed by atoms with Crippen molar-refractivity contribution in [1.29, 1.82) is 0 Å². The zero-order chi connectivity index (χ0) is 48.4. The molecule has 0 aromatic rings. The third-order valence-electron chi connectivity index (χ3n) is 13.3. The van der Waals surface area contributed by atoms with Crippen LogP contribution in [-0.4, -0.2) is 95.4 Å². The summed E-state index contributed by atoms with van der Waals surface area (Å²) < 4.78 is 47.7. The van der Waals surface area contributed by atoms with Crippen molar-refractivity contribution in [1.82, 2.24) is 5.32 Å². The van der Waals surface area contributed by atoms with Gasteiger partial charge in [0.15, 0.2) is 6.29 Å². The van der Waals surface area contributed by atoms with Crippen molar-refractivity contribution in [2.24, 2.45) is 0 Å². The quantitative estimate of drug-likeness (QED) is 0.0193. The van der Waals surface area contributed by atoms with Gasteiger partial charge in [0.05, 0.1) is 25.4 Å². The third-order valence-corrected chi connectivity index (χ3v) is 13.8. The minimum atomic E-state index is -5.07. The van der Waals surface area contributed by atoms with Crippen molar-refractivity contribution in [3.05, 3.63) is 12.2 Å². The van der Waals surface area contributed by atoms with Crippen LogP contribution in [0, 0.1) is 0 Å². The van der Waals surface area contributed by atoms with E-state index in [1.807, 2.05) is 0 Å². The Morgan fingerprint density at radius 2 is 0.970 bits per heavy atom. The fraction of sp³-hybridized carbons (Fsp3) is 0.943. The molecule has 0 spiro atoms. The summed E-state index contributed by atoms with van der Waals surface area (Å²) in [5.41, 5.74) is 0. The number of carbonyl (C=O) groups is 1. The summed E-state index contributed by atoms with van der Waals surface area (Å²) >= 11 is 0. The second kappa shape index (κ2) is 43.8. The number of carbonyl (C=O) groups excluding carboxylic acids is 1. The highest BCUT2D eigenvalue weighted by molar-refractivity contribution is 7.80. The Kier molecular flexibility index (Phi) is 41.7. The van der Waals surface area contributed by atoms with Crippen molar-refractivity contribution >= 4 is 16.3 Å². The van der Waals surface area contributed by atoms with E-state index in [0.717, 1.165) is 51.4 Å². The van der Waals surface area contributed by atoms with Gasteiger partial charge in [-0.15, -0.1) is 0 Å². The van der Waals surface area contributed by atoms with E-state index in [9.17, 15) is 38.2 Å². The summed E-state index contributed by atoms with van der Waals surface area (Å²) in [7, 11) is -5.07. The molecule has 66 heavy (non-hydrogen) atoms. The average Bonchev–Trinajstić information content (AvgIpc) is 3.29. The molecule has 6 N–H and O–H groups in total. The molecule has 1 amide bonds. The van der Waals surface area contributed by atoms with Gasteiger partial charge in [-0.3, -0.25) is 9.35 Å². The van der Waals surface area contributed by atoms with Crippen LogP contribution in [0.1, 0.15) is 264 Å². The minimum absolute atomic E-state index is 0.229. The number of amides is 1. The van der Waals surface area contributed by atoms with Crippen LogP contribution in [0.3, 0.4) is 0 Å². The number of ether oxygens (including phenoxy) is 2. The molecule has 7 atom stereocenters. The molecule has 1 aliphatic heterocycles. The number of aliphatic hydroxyl groups excluding tert-OH is 4. The number of hydrogen-bond acceptors (Lipinski definition) is 10. The largest absolute Gasteiger partial charge is 0.397 e.